The summed E-state index contributed by atoms with van der Waals surface area (Å²) < 4.78 is 6.24. The molecule has 1 heterocycles. The molecule has 1 amide bonds. The first-order valence-electron chi connectivity index (χ1n) is 6.77. The molecule has 0 bridgehead atoms. The maximum atomic E-state index is 11.5. The number of methoxy groups -OCH3 is 1. The van der Waals surface area contributed by atoms with Crippen LogP contribution in [0.3, 0.4) is 0 Å². The van der Waals surface area contributed by atoms with Gasteiger partial charge in [0.05, 0.1) is 7.11 Å². The van der Waals surface area contributed by atoms with Crippen LogP contribution in [0.25, 0.3) is 22.0 Å². The van der Waals surface area contributed by atoms with Gasteiger partial charge in [0.25, 0.3) is 0 Å². The van der Waals surface area contributed by atoms with Crippen LogP contribution in [-0.4, -0.2) is 23.0 Å². The molecule has 0 radical (unpaired) electrons. The van der Waals surface area contributed by atoms with Gasteiger partial charge in [-0.1, -0.05) is 41.4 Å². The van der Waals surface area contributed by atoms with E-state index in [0.717, 1.165) is 22.0 Å². The Labute approximate surface area is 142 Å². The Morgan fingerprint density at radius 2 is 2.00 bits per heavy atom. The van der Waals surface area contributed by atoms with Crippen molar-refractivity contribution in [3.63, 3.8) is 0 Å². The summed E-state index contributed by atoms with van der Waals surface area (Å²) in [6, 6.07) is 11.0. The minimum absolute atomic E-state index is 0.540. The van der Waals surface area contributed by atoms with Gasteiger partial charge in [0.1, 0.15) is 11.3 Å². The normalized spacial score (nSPS) is 10.8. The van der Waals surface area contributed by atoms with Gasteiger partial charge in [0, 0.05) is 33.6 Å². The monoisotopic (exact) mass is 349 g/mol. The molecule has 23 heavy (non-hydrogen) atoms. The number of rotatable bonds is 2. The molecule has 0 atom stereocenters. The molecular weight excluding hydrogens is 337 g/mol. The molecule has 1 N–H and O–H groups in total. The van der Waals surface area contributed by atoms with E-state index < -0.39 is 6.09 Å². The Balaban J connectivity index is 2.20. The number of hydrogen-bond donors (Lipinski definition) is 1. The Kier molecular flexibility index (Phi) is 4.15. The lowest BCUT2D eigenvalue weighted by atomic mass is 10.0. The van der Waals surface area contributed by atoms with Crippen LogP contribution in [0.1, 0.15) is 0 Å². The van der Waals surface area contributed by atoms with Crippen LogP contribution in [0.4, 0.5) is 10.6 Å². The van der Waals surface area contributed by atoms with E-state index in [1.807, 2.05) is 24.3 Å². The van der Waals surface area contributed by atoms with E-state index in [4.69, 9.17) is 23.2 Å². The molecule has 1 aromatic heterocycles. The number of hydrogen-bond acceptors (Lipinski definition) is 3. The maximum Gasteiger partial charge on any atom is 0.412 e. The smallest absolute Gasteiger partial charge is 0.412 e. The van der Waals surface area contributed by atoms with E-state index in [2.05, 4.69) is 15.2 Å². The van der Waals surface area contributed by atoms with Crippen LogP contribution in [-0.2, 0) is 11.8 Å². The van der Waals surface area contributed by atoms with Crippen LogP contribution in [0.5, 0.6) is 0 Å². The highest BCUT2D eigenvalue weighted by molar-refractivity contribution is 6.36. The van der Waals surface area contributed by atoms with Gasteiger partial charge in [-0.15, -0.1) is 0 Å². The number of nitrogens with zero attached hydrogens (tertiary/aromatic N) is 2. The minimum Gasteiger partial charge on any atom is -0.453 e. The first-order valence-corrected chi connectivity index (χ1v) is 7.53. The average molecular weight is 350 g/mol. The van der Waals surface area contributed by atoms with Crippen molar-refractivity contribution in [3.05, 3.63) is 46.4 Å². The van der Waals surface area contributed by atoms with E-state index in [1.54, 1.807) is 23.9 Å². The summed E-state index contributed by atoms with van der Waals surface area (Å²) >= 11 is 12.3. The van der Waals surface area contributed by atoms with Gasteiger partial charge in [-0.2, -0.15) is 5.10 Å². The lowest BCUT2D eigenvalue weighted by Crippen LogP contribution is -2.13. The topological polar surface area (TPSA) is 56.1 Å². The number of amides is 1. The Bertz CT molecular complexity index is 906. The zero-order chi connectivity index (χ0) is 16.6. The largest absolute Gasteiger partial charge is 0.453 e. The van der Waals surface area contributed by atoms with Gasteiger partial charge >= 0.3 is 6.09 Å². The highest BCUT2D eigenvalue weighted by Crippen LogP contribution is 2.36. The van der Waals surface area contributed by atoms with E-state index >= 15 is 0 Å². The van der Waals surface area contributed by atoms with Gasteiger partial charge < -0.3 is 4.74 Å². The summed E-state index contributed by atoms with van der Waals surface area (Å²) in [5, 5.41) is 9.07. The lowest BCUT2D eigenvalue weighted by Gasteiger charge is -2.06. The number of aryl methyl sites for hydroxylation is 1. The first kappa shape index (κ1) is 15.6. The average Bonchev–Trinajstić information content (AvgIpc) is 2.83. The zero-order valence-electron chi connectivity index (χ0n) is 12.4. The molecular formula is C16H13Cl2N3O2. The van der Waals surface area contributed by atoms with Gasteiger partial charge in [-0.3, -0.25) is 10.00 Å². The number of aromatic nitrogens is 2. The second kappa shape index (κ2) is 6.10. The van der Waals surface area contributed by atoms with Crippen LogP contribution >= 0.6 is 23.2 Å². The van der Waals surface area contributed by atoms with Crippen molar-refractivity contribution in [2.45, 2.75) is 0 Å². The molecule has 0 aliphatic heterocycles. The summed E-state index contributed by atoms with van der Waals surface area (Å²) in [7, 11) is 3.06. The van der Waals surface area contributed by atoms with Crippen molar-refractivity contribution in [2.75, 3.05) is 12.4 Å². The Morgan fingerprint density at radius 3 is 2.70 bits per heavy atom. The van der Waals surface area contributed by atoms with E-state index in [-0.39, 0.29) is 0 Å². The number of halogens is 2. The Hall–Kier alpha value is -2.24. The molecule has 0 saturated heterocycles. The van der Waals surface area contributed by atoms with Crippen LogP contribution in [0.2, 0.25) is 10.0 Å². The molecule has 118 valence electrons. The molecule has 0 aliphatic carbocycles. The highest BCUT2D eigenvalue weighted by atomic mass is 35.5. The number of fused-ring (bicyclic) bond motifs is 1. The summed E-state index contributed by atoms with van der Waals surface area (Å²) in [6.07, 6.45) is -0.551. The van der Waals surface area contributed by atoms with Gasteiger partial charge in [0.2, 0.25) is 0 Å². The number of ether oxygens (including phenoxy) is 1. The van der Waals surface area contributed by atoms with Crippen LogP contribution in [0.15, 0.2) is 36.4 Å². The lowest BCUT2D eigenvalue weighted by molar-refractivity contribution is 0.186. The first-order chi connectivity index (χ1) is 11.0. The number of carbonyl (C=O) groups is 1. The molecule has 0 saturated carbocycles. The van der Waals surface area contributed by atoms with Crippen molar-refractivity contribution in [3.8, 4) is 11.1 Å². The highest BCUT2D eigenvalue weighted by Gasteiger charge is 2.16. The van der Waals surface area contributed by atoms with Gasteiger partial charge in [-0.05, 0) is 18.2 Å². The van der Waals surface area contributed by atoms with Crippen LogP contribution in [0, 0.1) is 0 Å². The predicted molar refractivity (Wildman–Crippen MR) is 92.2 cm³/mol. The van der Waals surface area contributed by atoms with Gasteiger partial charge in [-0.25, -0.2) is 4.79 Å². The molecule has 3 aromatic rings. The second-order valence-corrected chi connectivity index (χ2v) is 5.76. The second-order valence-electron chi connectivity index (χ2n) is 4.91. The number of carbonyl (C=O) groups excluding carboxylic acids is 1. The fourth-order valence-electron chi connectivity index (χ4n) is 2.44. The predicted octanol–water partition coefficient (Wildman–Crippen LogP) is 4.73. The number of benzene rings is 2. The molecule has 0 spiro atoms. The van der Waals surface area contributed by atoms with E-state index in [9.17, 15) is 4.79 Å². The molecule has 0 aliphatic rings. The van der Waals surface area contributed by atoms with Gasteiger partial charge in [0.15, 0.2) is 0 Å². The summed E-state index contributed by atoms with van der Waals surface area (Å²) in [6.45, 7) is 0. The summed E-state index contributed by atoms with van der Waals surface area (Å²) in [5.41, 5.74) is 2.41. The third-order valence-corrected chi connectivity index (χ3v) is 4.04. The van der Waals surface area contributed by atoms with E-state index in [1.165, 1.54) is 7.11 Å². The number of anilines is 1. The molecule has 5 nitrogen and oxygen atoms in total. The summed E-state index contributed by atoms with van der Waals surface area (Å²) in [4.78, 5) is 11.5. The third-order valence-electron chi connectivity index (χ3n) is 3.49. The minimum atomic E-state index is -0.551. The van der Waals surface area contributed by atoms with Crippen molar-refractivity contribution in [1.29, 1.82) is 0 Å². The zero-order valence-corrected chi connectivity index (χ0v) is 13.9. The molecule has 0 unspecified atom stereocenters. The molecule has 2 aromatic carbocycles. The Morgan fingerprint density at radius 1 is 1.22 bits per heavy atom. The quantitative estimate of drug-likeness (QED) is 0.727. The maximum absolute atomic E-state index is 11.5. The van der Waals surface area contributed by atoms with Crippen molar-refractivity contribution < 1.29 is 9.53 Å². The van der Waals surface area contributed by atoms with Crippen molar-refractivity contribution >= 4 is 46.0 Å². The molecule has 3 rings (SSSR count). The van der Waals surface area contributed by atoms with Crippen LogP contribution < -0.4 is 5.32 Å². The van der Waals surface area contributed by atoms with Crippen molar-refractivity contribution in [1.82, 2.24) is 9.78 Å². The molecule has 7 heteroatoms. The summed E-state index contributed by atoms with van der Waals surface area (Å²) in [5.74, 6) is 0.554. The number of nitrogens with one attached hydrogen (secondary N) is 1. The fraction of sp³-hybridized carbons (Fsp3) is 0.125. The third kappa shape index (κ3) is 2.85. The standard InChI is InChI=1S/C16H13Cl2N3O2/c1-21-15(19-16(22)23-2)12-5-3-4-11(14(12)20-21)10-7-6-9(17)8-13(10)18/h3-8H,1-2H3,(H,19,22). The van der Waals surface area contributed by atoms with Crippen molar-refractivity contribution in [2.24, 2.45) is 7.05 Å². The molecule has 0 fully saturated rings. The van der Waals surface area contributed by atoms with E-state index in [0.29, 0.717) is 15.9 Å². The fourth-order valence-corrected chi connectivity index (χ4v) is 2.95. The SMILES string of the molecule is COC(=O)Nc1c2cccc(-c3ccc(Cl)cc3Cl)c2nn1C.